The van der Waals surface area contributed by atoms with E-state index in [1.165, 1.54) is 15.6 Å². The molecule has 1 aromatic heterocycles. The lowest BCUT2D eigenvalue weighted by molar-refractivity contribution is -0.123. The van der Waals surface area contributed by atoms with E-state index < -0.39 is 21.7 Å². The van der Waals surface area contributed by atoms with Crippen LogP contribution in [0, 0.1) is 17.6 Å². The van der Waals surface area contributed by atoms with E-state index in [4.69, 9.17) is 9.72 Å². The number of para-hydroxylation sites is 1. The Bertz CT molecular complexity index is 1400. The van der Waals surface area contributed by atoms with Crippen LogP contribution in [0.4, 0.5) is 13.9 Å². The van der Waals surface area contributed by atoms with Crippen LogP contribution >= 0.6 is 11.3 Å². The van der Waals surface area contributed by atoms with Gasteiger partial charge < -0.3 is 4.74 Å². The maximum absolute atomic E-state index is 13.8. The molecule has 0 aliphatic carbocycles. The summed E-state index contributed by atoms with van der Waals surface area (Å²) in [6.07, 6.45) is 3.26. The molecular formula is C26H29F2N3O4S2. The lowest BCUT2D eigenvalue weighted by Gasteiger charge is -2.33. The number of hydrogen-bond acceptors (Lipinski definition) is 6. The monoisotopic (exact) mass is 549 g/mol. The molecule has 198 valence electrons. The smallest absolute Gasteiger partial charge is 0.243 e. The summed E-state index contributed by atoms with van der Waals surface area (Å²) in [6.45, 7) is 3.39. The number of aromatic nitrogens is 1. The van der Waals surface area contributed by atoms with Gasteiger partial charge in [-0.3, -0.25) is 9.69 Å². The van der Waals surface area contributed by atoms with Crippen molar-refractivity contribution in [2.75, 3.05) is 31.1 Å². The molecule has 0 N–H and O–H groups in total. The van der Waals surface area contributed by atoms with Gasteiger partial charge in [0.1, 0.15) is 0 Å². The van der Waals surface area contributed by atoms with Gasteiger partial charge in [-0.2, -0.15) is 4.31 Å². The van der Waals surface area contributed by atoms with Gasteiger partial charge in [0.15, 0.2) is 16.8 Å². The van der Waals surface area contributed by atoms with Gasteiger partial charge in [0, 0.05) is 25.6 Å². The normalized spacial score (nSPS) is 19.5. The highest BCUT2D eigenvalue weighted by molar-refractivity contribution is 7.89. The Labute approximate surface area is 219 Å². The summed E-state index contributed by atoms with van der Waals surface area (Å²) in [7, 11) is -4.00. The highest BCUT2D eigenvalue weighted by Crippen LogP contribution is 2.34. The van der Waals surface area contributed by atoms with Crippen LogP contribution in [-0.2, 0) is 26.0 Å². The molecule has 7 nitrogen and oxygen atoms in total. The van der Waals surface area contributed by atoms with Crippen molar-refractivity contribution in [1.82, 2.24) is 9.29 Å². The Morgan fingerprint density at radius 3 is 2.62 bits per heavy atom. The quantitative estimate of drug-likeness (QED) is 0.425. The molecule has 0 saturated carbocycles. The molecule has 1 atom stereocenters. The first kappa shape index (κ1) is 26.1. The number of amides is 1. The summed E-state index contributed by atoms with van der Waals surface area (Å²) in [5.74, 6) is -2.78. The second-order valence-corrected chi connectivity index (χ2v) is 12.4. The summed E-state index contributed by atoms with van der Waals surface area (Å²) in [5, 5.41) is 0.633. The highest BCUT2D eigenvalue weighted by Gasteiger charge is 2.36. The topological polar surface area (TPSA) is 79.8 Å². The number of carbonyl (C=O) groups excluding carboxylic acids is 1. The summed E-state index contributed by atoms with van der Waals surface area (Å²) in [4.78, 5) is 20.1. The van der Waals surface area contributed by atoms with Crippen molar-refractivity contribution < 1.29 is 26.7 Å². The van der Waals surface area contributed by atoms with Gasteiger partial charge in [0.25, 0.3) is 0 Å². The van der Waals surface area contributed by atoms with Crippen molar-refractivity contribution in [3.05, 3.63) is 53.6 Å². The van der Waals surface area contributed by atoms with Crippen molar-refractivity contribution >= 4 is 42.6 Å². The van der Waals surface area contributed by atoms with E-state index in [0.717, 1.165) is 47.2 Å². The van der Waals surface area contributed by atoms with E-state index in [1.54, 1.807) is 4.90 Å². The number of hydrogen-bond donors (Lipinski definition) is 0. The average Bonchev–Trinajstić information content (AvgIpc) is 3.58. The molecule has 3 heterocycles. The molecular weight excluding hydrogens is 520 g/mol. The third-order valence-corrected chi connectivity index (χ3v) is 10.0. The van der Waals surface area contributed by atoms with E-state index in [2.05, 4.69) is 6.92 Å². The number of piperidine rings is 1. The number of sulfonamides is 1. The number of thiazole rings is 1. The fourth-order valence-corrected chi connectivity index (χ4v) is 7.51. The van der Waals surface area contributed by atoms with Gasteiger partial charge in [-0.05, 0) is 61.9 Å². The number of benzene rings is 2. The van der Waals surface area contributed by atoms with Gasteiger partial charge in [0.2, 0.25) is 15.9 Å². The Morgan fingerprint density at radius 1 is 1.16 bits per heavy atom. The zero-order valence-electron chi connectivity index (χ0n) is 20.5. The minimum absolute atomic E-state index is 0.0598. The first-order chi connectivity index (χ1) is 17.8. The number of anilines is 1. The number of nitrogens with zero attached hydrogens (tertiary/aromatic N) is 3. The third-order valence-electron chi connectivity index (χ3n) is 7.11. The minimum atomic E-state index is -4.00. The second kappa shape index (κ2) is 10.7. The predicted molar refractivity (Wildman–Crippen MR) is 138 cm³/mol. The molecule has 1 unspecified atom stereocenters. The average molecular weight is 550 g/mol. The lowest BCUT2D eigenvalue weighted by atomic mass is 9.96. The van der Waals surface area contributed by atoms with Gasteiger partial charge in [-0.25, -0.2) is 22.2 Å². The molecule has 37 heavy (non-hydrogen) atoms. The van der Waals surface area contributed by atoms with E-state index in [-0.39, 0.29) is 35.9 Å². The summed E-state index contributed by atoms with van der Waals surface area (Å²) >= 11 is 1.48. The van der Waals surface area contributed by atoms with Crippen molar-refractivity contribution in [2.24, 2.45) is 5.92 Å². The van der Waals surface area contributed by atoms with Crippen LogP contribution < -0.4 is 4.90 Å². The fraction of sp³-hybridized carbons (Fsp3) is 0.462. The summed E-state index contributed by atoms with van der Waals surface area (Å²) in [5.41, 5.74) is 2.03. The molecule has 1 amide bonds. The number of halogens is 2. The van der Waals surface area contributed by atoms with E-state index in [0.29, 0.717) is 37.2 Å². The maximum Gasteiger partial charge on any atom is 0.243 e. The van der Waals surface area contributed by atoms with Crippen molar-refractivity contribution in [2.45, 2.75) is 50.0 Å². The molecule has 0 bridgehead atoms. The van der Waals surface area contributed by atoms with Crippen molar-refractivity contribution in [3.8, 4) is 0 Å². The van der Waals surface area contributed by atoms with Crippen molar-refractivity contribution in [3.63, 3.8) is 0 Å². The highest BCUT2D eigenvalue weighted by atomic mass is 32.2. The first-order valence-electron chi connectivity index (χ1n) is 12.5. The molecule has 11 heteroatoms. The summed E-state index contributed by atoms with van der Waals surface area (Å²) < 4.78 is 61.0. The minimum Gasteiger partial charge on any atom is -0.376 e. The van der Waals surface area contributed by atoms with Crippen LogP contribution in [0.5, 0.6) is 0 Å². The van der Waals surface area contributed by atoms with Crippen LogP contribution in [0.2, 0.25) is 0 Å². The molecule has 0 radical (unpaired) electrons. The molecule has 2 aliphatic heterocycles. The van der Waals surface area contributed by atoms with Gasteiger partial charge in [0.05, 0.1) is 27.8 Å². The Morgan fingerprint density at radius 2 is 1.95 bits per heavy atom. The lowest BCUT2D eigenvalue weighted by Crippen LogP contribution is -2.46. The Kier molecular flexibility index (Phi) is 7.58. The largest absolute Gasteiger partial charge is 0.376 e. The number of rotatable bonds is 7. The van der Waals surface area contributed by atoms with Gasteiger partial charge in [-0.15, -0.1) is 0 Å². The number of fused-ring (bicyclic) bond motifs is 1. The first-order valence-corrected chi connectivity index (χ1v) is 14.8. The van der Waals surface area contributed by atoms with Crippen LogP contribution in [0.1, 0.15) is 38.2 Å². The van der Waals surface area contributed by atoms with Crippen LogP contribution in [0.25, 0.3) is 10.2 Å². The third kappa shape index (κ3) is 5.27. The molecule has 2 fully saturated rings. The number of ether oxygens (including phenoxy) is 1. The number of aryl methyl sites for hydroxylation is 1. The molecule has 2 saturated heterocycles. The summed E-state index contributed by atoms with van der Waals surface area (Å²) in [6, 6.07) is 8.62. The van der Waals surface area contributed by atoms with E-state index in [1.807, 2.05) is 18.2 Å². The van der Waals surface area contributed by atoms with E-state index >= 15 is 0 Å². The fourth-order valence-electron chi connectivity index (χ4n) is 5.00. The number of carbonyl (C=O) groups is 1. The predicted octanol–water partition coefficient (Wildman–Crippen LogP) is 4.75. The van der Waals surface area contributed by atoms with Crippen LogP contribution in [0.15, 0.2) is 41.3 Å². The molecule has 3 aromatic rings. The molecule has 0 spiro atoms. The van der Waals surface area contributed by atoms with Crippen LogP contribution in [0.3, 0.4) is 0 Å². The zero-order chi connectivity index (χ0) is 26.2. The van der Waals surface area contributed by atoms with Gasteiger partial charge >= 0.3 is 0 Å². The molecule has 2 aromatic carbocycles. The molecule has 2 aliphatic rings. The molecule has 5 rings (SSSR count). The Balaban J connectivity index is 1.35. The van der Waals surface area contributed by atoms with E-state index in [9.17, 15) is 22.0 Å². The van der Waals surface area contributed by atoms with Gasteiger partial charge in [-0.1, -0.05) is 30.4 Å². The second-order valence-electron chi connectivity index (χ2n) is 9.45. The maximum atomic E-state index is 13.8. The SMILES string of the molecule is CCc1cccc2sc(N(CC3CCCO3)C(=O)C3CCN(S(=O)(=O)c4ccc(F)c(F)c4)CC3)nc12. The Hall–Kier alpha value is -2.47. The standard InChI is InChI=1S/C26H29F2N3O4S2/c1-2-17-5-3-7-23-24(17)29-26(36-23)31(16-19-6-4-14-35-19)25(32)18-10-12-30(13-11-18)37(33,34)20-8-9-21(27)22(28)15-20/h3,5,7-9,15,18-19H,2,4,6,10-14,16H2,1H3. The van der Waals surface area contributed by atoms with Crippen molar-refractivity contribution in [1.29, 1.82) is 0 Å². The zero-order valence-corrected chi connectivity index (χ0v) is 22.2. The van der Waals surface area contributed by atoms with Crippen LogP contribution in [-0.4, -0.2) is 56.0 Å².